The summed E-state index contributed by atoms with van der Waals surface area (Å²) in [6, 6.07) is 0. The summed E-state index contributed by atoms with van der Waals surface area (Å²) in [4.78, 5) is 36.6. The van der Waals surface area contributed by atoms with E-state index in [-0.39, 0.29) is 29.6 Å². The summed E-state index contributed by atoms with van der Waals surface area (Å²) in [6.07, 6.45) is 3.58. The van der Waals surface area contributed by atoms with Crippen molar-refractivity contribution >= 4 is 17.7 Å². The van der Waals surface area contributed by atoms with Crippen LogP contribution in [-0.2, 0) is 23.9 Å². The van der Waals surface area contributed by atoms with E-state index in [0.29, 0.717) is 12.8 Å². The number of carbonyl (C=O) groups excluding carboxylic acids is 3. The molecule has 0 heterocycles. The van der Waals surface area contributed by atoms with Gasteiger partial charge in [-0.25, -0.2) is 4.79 Å². The summed E-state index contributed by atoms with van der Waals surface area (Å²) in [5.41, 5.74) is -0.576. The number of Topliss-reactive ketones (excluding diaryl/α,β-unsaturated/α-hetero) is 1. The zero-order chi connectivity index (χ0) is 19.4. The van der Waals surface area contributed by atoms with Crippen molar-refractivity contribution in [2.45, 2.75) is 73.0 Å². The molecule has 25 heavy (non-hydrogen) atoms. The molecule has 0 saturated heterocycles. The zero-order valence-corrected chi connectivity index (χ0v) is 16.5. The van der Waals surface area contributed by atoms with Crippen LogP contribution in [0.2, 0.25) is 0 Å². The lowest BCUT2D eigenvalue weighted by Gasteiger charge is -2.27. The third-order valence-corrected chi connectivity index (χ3v) is 4.21. The summed E-state index contributed by atoms with van der Waals surface area (Å²) >= 11 is 0. The molecular weight excluding hydrogens is 320 g/mol. The van der Waals surface area contributed by atoms with Crippen molar-refractivity contribution in [1.29, 1.82) is 0 Å². The highest BCUT2D eigenvalue weighted by molar-refractivity contribution is 6.01. The van der Waals surface area contributed by atoms with Crippen molar-refractivity contribution in [1.82, 2.24) is 0 Å². The van der Waals surface area contributed by atoms with Crippen LogP contribution < -0.4 is 0 Å². The van der Waals surface area contributed by atoms with Gasteiger partial charge in [0.2, 0.25) is 0 Å². The van der Waals surface area contributed by atoms with Crippen LogP contribution in [0.5, 0.6) is 0 Å². The maximum absolute atomic E-state index is 12.6. The highest BCUT2D eigenvalue weighted by Crippen LogP contribution is 2.32. The summed E-state index contributed by atoms with van der Waals surface area (Å²) in [5, 5.41) is 0. The quantitative estimate of drug-likeness (QED) is 0.414. The first-order chi connectivity index (χ1) is 11.4. The molecule has 0 aromatic heterocycles. The number of carbonyl (C=O) groups is 3. The fourth-order valence-corrected chi connectivity index (χ4v) is 3.17. The van der Waals surface area contributed by atoms with Crippen LogP contribution in [0, 0.1) is 23.7 Å². The van der Waals surface area contributed by atoms with Gasteiger partial charge in [0.1, 0.15) is 23.4 Å². The lowest BCUT2D eigenvalue weighted by Crippen LogP contribution is -2.35. The number of hydrogen-bond donors (Lipinski definition) is 0. The molecule has 0 aromatic rings. The first kappa shape index (κ1) is 21.4. The molecule has 0 radical (unpaired) electrons. The van der Waals surface area contributed by atoms with Crippen molar-refractivity contribution in [2.24, 2.45) is 23.7 Å². The second kappa shape index (κ2) is 8.63. The van der Waals surface area contributed by atoms with Gasteiger partial charge < -0.3 is 9.47 Å². The molecule has 0 amide bonds. The topological polar surface area (TPSA) is 69.7 Å². The first-order valence-electron chi connectivity index (χ1n) is 9.06. The van der Waals surface area contributed by atoms with E-state index in [0.717, 1.165) is 0 Å². The fourth-order valence-electron chi connectivity index (χ4n) is 3.17. The van der Waals surface area contributed by atoms with E-state index in [4.69, 9.17) is 9.47 Å². The molecule has 0 N–H and O–H groups in total. The molecule has 1 fully saturated rings. The normalized spacial score (nSPS) is 21.6. The molecule has 2 atom stereocenters. The molecule has 1 aliphatic rings. The Morgan fingerprint density at radius 2 is 1.68 bits per heavy atom. The van der Waals surface area contributed by atoms with Crippen LogP contribution in [0.3, 0.4) is 0 Å². The molecule has 1 aliphatic carbocycles. The van der Waals surface area contributed by atoms with Crippen LogP contribution in [0.4, 0.5) is 0 Å². The molecule has 142 valence electrons. The van der Waals surface area contributed by atoms with Crippen LogP contribution in [0.15, 0.2) is 12.2 Å². The van der Waals surface area contributed by atoms with Crippen molar-refractivity contribution < 1.29 is 23.9 Å². The number of rotatable bonds is 6. The largest absolute Gasteiger partial charge is 0.461 e. The van der Waals surface area contributed by atoms with E-state index in [9.17, 15) is 14.4 Å². The molecule has 0 bridgehead atoms. The smallest absolute Gasteiger partial charge is 0.330 e. The molecule has 0 aromatic carbocycles. The van der Waals surface area contributed by atoms with E-state index >= 15 is 0 Å². The summed E-state index contributed by atoms with van der Waals surface area (Å²) in [7, 11) is 0. The van der Waals surface area contributed by atoms with E-state index < -0.39 is 23.5 Å². The second-order valence-electron chi connectivity index (χ2n) is 8.43. The third-order valence-electron chi connectivity index (χ3n) is 4.21. The summed E-state index contributed by atoms with van der Waals surface area (Å²) in [6.45, 7) is 13.3. The minimum atomic E-state index is -0.821. The molecule has 1 rings (SSSR count). The predicted octanol–water partition coefficient (Wildman–Crippen LogP) is 3.70. The van der Waals surface area contributed by atoms with Crippen LogP contribution in [0.25, 0.3) is 0 Å². The van der Waals surface area contributed by atoms with E-state index in [1.54, 1.807) is 26.8 Å². The molecular formula is C20H32O5. The van der Waals surface area contributed by atoms with Crippen LogP contribution >= 0.6 is 0 Å². The molecule has 5 nitrogen and oxygen atoms in total. The highest BCUT2D eigenvalue weighted by atomic mass is 16.6. The van der Waals surface area contributed by atoms with Gasteiger partial charge in [0.15, 0.2) is 0 Å². The lowest BCUT2D eigenvalue weighted by atomic mass is 9.93. The minimum Gasteiger partial charge on any atom is -0.461 e. The average molecular weight is 352 g/mol. The van der Waals surface area contributed by atoms with E-state index in [1.165, 1.54) is 6.08 Å². The van der Waals surface area contributed by atoms with Gasteiger partial charge in [-0.05, 0) is 44.9 Å². The number of allylic oxidation sites excluding steroid dienone is 1. The third kappa shape index (κ3) is 6.63. The highest BCUT2D eigenvalue weighted by Gasteiger charge is 2.41. The Labute approximate surface area is 151 Å². The second-order valence-corrected chi connectivity index (χ2v) is 8.43. The van der Waals surface area contributed by atoms with Gasteiger partial charge in [0.05, 0.1) is 0 Å². The van der Waals surface area contributed by atoms with E-state index in [1.807, 2.05) is 27.7 Å². The lowest BCUT2D eigenvalue weighted by molar-refractivity contribution is -0.161. The Bertz CT molecular complexity index is 517. The predicted molar refractivity (Wildman–Crippen MR) is 95.8 cm³/mol. The van der Waals surface area contributed by atoms with E-state index in [2.05, 4.69) is 0 Å². The maximum atomic E-state index is 12.6. The average Bonchev–Trinajstić information content (AvgIpc) is 2.80. The molecule has 2 unspecified atom stereocenters. The standard InChI is InChI=1S/C20H32O5/c1-12(2)18(13(3)4)24-19(23)17-14(8-10-15(17)21)9-11-16(22)25-20(5,6)7/h9,11-14,17-18H,8,10H2,1-7H3/b11-9+. The maximum Gasteiger partial charge on any atom is 0.330 e. The molecule has 0 spiro atoms. The molecule has 0 aliphatic heterocycles. The van der Waals surface area contributed by atoms with Gasteiger partial charge in [-0.15, -0.1) is 0 Å². The van der Waals surface area contributed by atoms with Gasteiger partial charge in [0.25, 0.3) is 0 Å². The van der Waals surface area contributed by atoms with Crippen LogP contribution in [-0.4, -0.2) is 29.4 Å². The summed E-state index contributed by atoms with van der Waals surface area (Å²) < 4.78 is 10.9. The zero-order valence-electron chi connectivity index (χ0n) is 16.5. The van der Waals surface area contributed by atoms with Gasteiger partial charge in [-0.2, -0.15) is 0 Å². The Kier molecular flexibility index (Phi) is 7.39. The van der Waals surface area contributed by atoms with Crippen molar-refractivity contribution in [3.63, 3.8) is 0 Å². The van der Waals surface area contributed by atoms with Gasteiger partial charge >= 0.3 is 11.9 Å². The van der Waals surface area contributed by atoms with Crippen LogP contribution in [0.1, 0.15) is 61.3 Å². The Balaban J connectivity index is 2.80. The first-order valence-corrected chi connectivity index (χ1v) is 9.06. The number of ketones is 1. The Morgan fingerprint density at radius 1 is 1.12 bits per heavy atom. The van der Waals surface area contributed by atoms with Gasteiger partial charge in [-0.1, -0.05) is 33.8 Å². The number of esters is 2. The van der Waals surface area contributed by atoms with Gasteiger partial charge in [-0.3, -0.25) is 9.59 Å². The molecule has 1 saturated carbocycles. The van der Waals surface area contributed by atoms with Crippen molar-refractivity contribution in [3.05, 3.63) is 12.2 Å². The Morgan fingerprint density at radius 3 is 2.16 bits per heavy atom. The number of hydrogen-bond acceptors (Lipinski definition) is 5. The summed E-state index contributed by atoms with van der Waals surface area (Å²) in [5.74, 6) is -1.84. The minimum absolute atomic E-state index is 0.116. The van der Waals surface area contributed by atoms with Gasteiger partial charge in [0, 0.05) is 12.5 Å². The van der Waals surface area contributed by atoms with Crippen molar-refractivity contribution in [2.75, 3.05) is 0 Å². The molecule has 5 heteroatoms. The number of ether oxygens (including phenoxy) is 2. The SMILES string of the molecule is CC(C)C(OC(=O)C1C(=O)CCC1/C=C/C(=O)OC(C)(C)C)C(C)C. The van der Waals surface area contributed by atoms with Crippen molar-refractivity contribution in [3.8, 4) is 0 Å². The monoisotopic (exact) mass is 352 g/mol. The fraction of sp³-hybridized carbons (Fsp3) is 0.750. The Hall–Kier alpha value is -1.65.